The number of rotatable bonds is 12. The third-order valence-corrected chi connectivity index (χ3v) is 8.75. The second-order valence-corrected chi connectivity index (χ2v) is 12.1. The number of benzene rings is 3. The van der Waals surface area contributed by atoms with Crippen LogP contribution in [0.1, 0.15) is 37.0 Å². The fourth-order valence-corrected chi connectivity index (χ4v) is 5.83. The summed E-state index contributed by atoms with van der Waals surface area (Å²) in [7, 11) is -3.09. The van der Waals surface area contributed by atoms with Crippen LogP contribution in [-0.2, 0) is 32.3 Å². The molecule has 8 nitrogen and oxygen atoms in total. The van der Waals surface area contributed by atoms with E-state index >= 15 is 0 Å². The summed E-state index contributed by atoms with van der Waals surface area (Å²) in [6, 6.07) is 14.0. The van der Waals surface area contributed by atoms with E-state index in [1.165, 1.54) is 43.2 Å². The lowest BCUT2D eigenvalue weighted by Crippen LogP contribution is -2.51. The molecule has 0 bridgehead atoms. The third-order valence-electron chi connectivity index (χ3n) is 6.63. The molecule has 0 fully saturated rings. The topological polar surface area (TPSA) is 96.0 Å². The predicted molar refractivity (Wildman–Crippen MR) is 158 cm³/mol. The van der Waals surface area contributed by atoms with E-state index in [1.54, 1.807) is 31.2 Å². The molecule has 13 heteroatoms. The zero-order valence-corrected chi connectivity index (χ0v) is 25.7. The van der Waals surface area contributed by atoms with Crippen LogP contribution in [0, 0.1) is 6.92 Å². The number of hydrogen-bond donors (Lipinski definition) is 1. The lowest BCUT2D eigenvalue weighted by atomic mass is 10.1. The zero-order chi connectivity index (χ0) is 31.9. The van der Waals surface area contributed by atoms with Crippen LogP contribution in [0.2, 0.25) is 5.02 Å². The molecule has 1 atom stereocenters. The first kappa shape index (κ1) is 33.7. The molecule has 0 heterocycles. The van der Waals surface area contributed by atoms with E-state index in [4.69, 9.17) is 16.3 Å². The maximum Gasteiger partial charge on any atom is 0.417 e. The van der Waals surface area contributed by atoms with Gasteiger partial charge in [0, 0.05) is 13.1 Å². The Hall–Kier alpha value is -3.77. The summed E-state index contributed by atoms with van der Waals surface area (Å²) in [5, 5.41) is 2.09. The summed E-state index contributed by atoms with van der Waals surface area (Å²) >= 11 is 5.81. The van der Waals surface area contributed by atoms with Crippen molar-refractivity contribution in [3.8, 4) is 5.75 Å². The van der Waals surface area contributed by atoms with Gasteiger partial charge in [-0.3, -0.25) is 13.9 Å². The Morgan fingerprint density at radius 1 is 1.05 bits per heavy atom. The van der Waals surface area contributed by atoms with Gasteiger partial charge in [0.25, 0.3) is 10.0 Å². The average molecular weight is 640 g/mol. The molecule has 2 amide bonds. The predicted octanol–water partition coefficient (Wildman–Crippen LogP) is 5.81. The van der Waals surface area contributed by atoms with E-state index in [0.29, 0.717) is 34.7 Å². The Kier molecular flexibility index (Phi) is 11.1. The Morgan fingerprint density at radius 3 is 2.33 bits per heavy atom. The molecule has 0 aliphatic carbocycles. The highest BCUT2D eigenvalue weighted by atomic mass is 35.5. The molecule has 3 rings (SSSR count). The Bertz CT molecular complexity index is 1550. The van der Waals surface area contributed by atoms with Crippen LogP contribution in [-0.4, -0.2) is 51.4 Å². The first-order valence-electron chi connectivity index (χ1n) is 13.3. The SMILES string of the molecule is CCCNC(=O)[C@@H](C)N(Cc1cccc(OC)c1)C(=O)CN(c1ccc(Cl)c(C(F)(F)F)c1)S(=O)(=O)c1ccc(C)cc1. The van der Waals surface area contributed by atoms with Gasteiger partial charge in [-0.15, -0.1) is 0 Å². The first-order valence-corrected chi connectivity index (χ1v) is 15.2. The number of anilines is 1. The number of amides is 2. The molecule has 3 aromatic carbocycles. The van der Waals surface area contributed by atoms with Crippen molar-refractivity contribution in [2.75, 3.05) is 24.5 Å². The van der Waals surface area contributed by atoms with Crippen molar-refractivity contribution in [2.24, 2.45) is 0 Å². The smallest absolute Gasteiger partial charge is 0.417 e. The monoisotopic (exact) mass is 639 g/mol. The van der Waals surface area contributed by atoms with Crippen LogP contribution in [0.5, 0.6) is 5.75 Å². The van der Waals surface area contributed by atoms with E-state index in [0.717, 1.165) is 17.7 Å². The van der Waals surface area contributed by atoms with Gasteiger partial charge in [0.2, 0.25) is 11.8 Å². The number of alkyl halides is 3. The van der Waals surface area contributed by atoms with Crippen molar-refractivity contribution in [3.63, 3.8) is 0 Å². The number of carbonyl (C=O) groups is 2. The number of hydrogen-bond acceptors (Lipinski definition) is 5. The number of methoxy groups -OCH3 is 1. The van der Waals surface area contributed by atoms with E-state index in [9.17, 15) is 31.2 Å². The molecular formula is C30H33ClF3N3O5S. The Balaban J connectivity index is 2.12. The molecular weight excluding hydrogens is 607 g/mol. The number of nitrogens with one attached hydrogen (secondary N) is 1. The Morgan fingerprint density at radius 2 is 1.72 bits per heavy atom. The van der Waals surface area contributed by atoms with Crippen LogP contribution in [0.3, 0.4) is 0 Å². The van der Waals surface area contributed by atoms with Gasteiger partial charge in [-0.1, -0.05) is 48.4 Å². The van der Waals surface area contributed by atoms with Crippen molar-refractivity contribution in [1.82, 2.24) is 10.2 Å². The largest absolute Gasteiger partial charge is 0.497 e. The second kappa shape index (κ2) is 14.1. The maximum atomic E-state index is 13.9. The molecule has 0 radical (unpaired) electrons. The molecule has 0 aliphatic rings. The molecule has 232 valence electrons. The second-order valence-electron chi connectivity index (χ2n) is 9.83. The van der Waals surface area contributed by atoms with Gasteiger partial charge >= 0.3 is 6.18 Å². The van der Waals surface area contributed by atoms with E-state index in [1.807, 2.05) is 6.92 Å². The van der Waals surface area contributed by atoms with Gasteiger partial charge in [0.05, 0.1) is 28.3 Å². The quantitative estimate of drug-likeness (QED) is 0.270. The standard InChI is InChI=1S/C30H33ClF3N3O5S/c1-5-15-35-29(39)21(3)36(18-22-7-6-8-24(16-22)42-4)28(38)19-37(43(40,41)25-12-9-20(2)10-13-25)23-11-14-27(31)26(17-23)30(32,33)34/h6-14,16-17,21H,5,15,18-19H2,1-4H3,(H,35,39)/t21-/m1/s1. The highest BCUT2D eigenvalue weighted by Crippen LogP contribution is 2.38. The molecule has 3 aromatic rings. The number of ether oxygens (including phenoxy) is 1. The van der Waals surface area contributed by atoms with E-state index < -0.39 is 56.9 Å². The molecule has 0 aromatic heterocycles. The molecule has 0 unspecified atom stereocenters. The van der Waals surface area contributed by atoms with Crippen LogP contribution in [0.4, 0.5) is 18.9 Å². The van der Waals surface area contributed by atoms with E-state index in [2.05, 4.69) is 5.32 Å². The minimum atomic E-state index is -4.89. The number of halogens is 4. The van der Waals surface area contributed by atoms with Crippen molar-refractivity contribution < 1.29 is 35.9 Å². The van der Waals surface area contributed by atoms with Gasteiger partial charge in [0.15, 0.2) is 0 Å². The number of sulfonamides is 1. The molecule has 0 saturated carbocycles. The molecule has 1 N–H and O–H groups in total. The highest BCUT2D eigenvalue weighted by Gasteiger charge is 2.37. The molecule has 0 aliphatic heterocycles. The van der Waals surface area contributed by atoms with Crippen molar-refractivity contribution in [3.05, 3.63) is 88.4 Å². The molecule has 0 saturated heterocycles. The summed E-state index contributed by atoms with van der Waals surface area (Å²) < 4.78 is 74.9. The maximum absolute atomic E-state index is 13.9. The summed E-state index contributed by atoms with van der Waals surface area (Å²) in [5.41, 5.74) is -0.343. The van der Waals surface area contributed by atoms with Crippen molar-refractivity contribution in [1.29, 1.82) is 0 Å². The summed E-state index contributed by atoms with van der Waals surface area (Å²) in [6.45, 7) is 4.44. The van der Waals surface area contributed by atoms with Gasteiger partial charge in [0.1, 0.15) is 18.3 Å². The number of aryl methyl sites for hydroxylation is 1. The van der Waals surface area contributed by atoms with Crippen LogP contribution in [0.15, 0.2) is 71.6 Å². The number of nitrogens with zero attached hydrogens (tertiary/aromatic N) is 2. The molecule has 43 heavy (non-hydrogen) atoms. The highest BCUT2D eigenvalue weighted by molar-refractivity contribution is 7.92. The van der Waals surface area contributed by atoms with Gasteiger partial charge < -0.3 is 15.0 Å². The summed E-state index contributed by atoms with van der Waals surface area (Å²) in [4.78, 5) is 27.8. The van der Waals surface area contributed by atoms with Gasteiger partial charge in [-0.25, -0.2) is 8.42 Å². The third kappa shape index (κ3) is 8.41. The van der Waals surface area contributed by atoms with Crippen LogP contribution < -0.4 is 14.4 Å². The fraction of sp³-hybridized carbons (Fsp3) is 0.333. The Labute approximate surface area is 254 Å². The first-order chi connectivity index (χ1) is 20.2. The summed E-state index contributed by atoms with van der Waals surface area (Å²) in [5.74, 6) is -0.796. The number of carbonyl (C=O) groups excluding carboxylic acids is 2. The van der Waals surface area contributed by atoms with Gasteiger partial charge in [-0.05, 0) is 68.3 Å². The average Bonchev–Trinajstić information content (AvgIpc) is 2.97. The molecule has 0 spiro atoms. The fourth-order valence-electron chi connectivity index (χ4n) is 4.20. The minimum absolute atomic E-state index is 0.108. The normalized spacial score (nSPS) is 12.4. The van der Waals surface area contributed by atoms with Crippen LogP contribution in [0.25, 0.3) is 0 Å². The van der Waals surface area contributed by atoms with Crippen molar-refractivity contribution in [2.45, 2.75) is 50.9 Å². The summed E-state index contributed by atoms with van der Waals surface area (Å²) in [6.07, 6.45) is -4.25. The van der Waals surface area contributed by atoms with Crippen LogP contribution >= 0.6 is 11.6 Å². The lowest BCUT2D eigenvalue weighted by molar-refractivity contribution is -0.139. The zero-order valence-electron chi connectivity index (χ0n) is 24.1. The van der Waals surface area contributed by atoms with E-state index in [-0.39, 0.29) is 11.4 Å². The minimum Gasteiger partial charge on any atom is -0.497 e. The van der Waals surface area contributed by atoms with Gasteiger partial charge in [-0.2, -0.15) is 13.2 Å². The van der Waals surface area contributed by atoms with Crippen molar-refractivity contribution >= 4 is 39.1 Å². The lowest BCUT2D eigenvalue weighted by Gasteiger charge is -2.32.